The average molecular weight is 673 g/mol. The van der Waals surface area contributed by atoms with Crippen LogP contribution in [0.2, 0.25) is 0 Å². The van der Waals surface area contributed by atoms with Crippen LogP contribution in [0.15, 0.2) is 170 Å². The molecule has 0 spiro atoms. The van der Waals surface area contributed by atoms with Crippen molar-refractivity contribution in [1.29, 1.82) is 0 Å². The predicted molar refractivity (Wildman–Crippen MR) is 219 cm³/mol. The lowest BCUT2D eigenvalue weighted by atomic mass is 10.0. The molecule has 0 unspecified atom stereocenters. The van der Waals surface area contributed by atoms with Gasteiger partial charge in [-0.05, 0) is 89.6 Å². The number of fused-ring (bicyclic) bond motifs is 11. The van der Waals surface area contributed by atoms with E-state index in [1.807, 2.05) is 22.7 Å². The molecule has 3 heterocycles. The highest BCUT2D eigenvalue weighted by Gasteiger charge is 2.21. The highest BCUT2D eigenvalue weighted by Crippen LogP contribution is 2.47. The zero-order valence-electron chi connectivity index (χ0n) is 26.9. The molecule has 2 nitrogen and oxygen atoms in total. The first-order chi connectivity index (χ1) is 24.8. The third-order valence-corrected chi connectivity index (χ3v) is 12.4. The molecule has 3 aromatic heterocycles. The first kappa shape index (κ1) is 28.0. The van der Waals surface area contributed by atoms with Gasteiger partial charge in [0.05, 0.1) is 16.7 Å². The second-order valence-corrected chi connectivity index (χ2v) is 15.1. The van der Waals surface area contributed by atoms with Crippen molar-refractivity contribution in [2.45, 2.75) is 0 Å². The summed E-state index contributed by atoms with van der Waals surface area (Å²) in [5.74, 6) is 0. The summed E-state index contributed by atoms with van der Waals surface area (Å²) in [4.78, 5) is 2.48. The van der Waals surface area contributed by atoms with Crippen molar-refractivity contribution in [3.63, 3.8) is 0 Å². The molecule has 0 amide bonds. The molecule has 0 saturated carbocycles. The molecule has 0 radical (unpaired) electrons. The van der Waals surface area contributed by atoms with E-state index in [1.165, 1.54) is 84.3 Å². The molecule has 0 atom stereocenters. The molecule has 0 saturated heterocycles. The van der Waals surface area contributed by atoms with Crippen molar-refractivity contribution >= 4 is 113 Å². The van der Waals surface area contributed by atoms with Gasteiger partial charge in [0.1, 0.15) is 0 Å². The maximum absolute atomic E-state index is 2.48. The first-order valence-corrected chi connectivity index (χ1v) is 18.6. The van der Waals surface area contributed by atoms with Gasteiger partial charge in [-0.1, -0.05) is 91.0 Å². The minimum absolute atomic E-state index is 1.14. The SMILES string of the molecule is c1ccc(-n2c3ccccc3c3cc(N(c4ccc5c(ccc6sc7ccccc7c65)c4)c4cccc5sc6ccccc6c45)ccc32)cc1. The Balaban J connectivity index is 1.20. The Morgan fingerprint density at radius 2 is 1.00 bits per heavy atom. The van der Waals surface area contributed by atoms with Gasteiger partial charge in [0, 0.05) is 68.2 Å². The highest BCUT2D eigenvalue weighted by atomic mass is 32.1. The van der Waals surface area contributed by atoms with Crippen LogP contribution in [0.3, 0.4) is 0 Å². The maximum Gasteiger partial charge on any atom is 0.0554 e. The largest absolute Gasteiger partial charge is 0.310 e. The van der Waals surface area contributed by atoms with Crippen LogP contribution in [0.4, 0.5) is 17.1 Å². The Bertz CT molecular complexity index is 3110. The van der Waals surface area contributed by atoms with Crippen LogP contribution in [-0.4, -0.2) is 4.57 Å². The fraction of sp³-hybridized carbons (Fsp3) is 0. The predicted octanol–water partition coefficient (Wildman–Crippen LogP) is 14.1. The lowest BCUT2D eigenvalue weighted by Crippen LogP contribution is -2.10. The van der Waals surface area contributed by atoms with Crippen LogP contribution in [-0.2, 0) is 0 Å². The van der Waals surface area contributed by atoms with Crippen molar-refractivity contribution in [2.75, 3.05) is 4.90 Å². The van der Waals surface area contributed by atoms with Crippen LogP contribution < -0.4 is 4.90 Å². The van der Waals surface area contributed by atoms with Gasteiger partial charge in [-0.15, -0.1) is 22.7 Å². The van der Waals surface area contributed by atoms with E-state index in [1.54, 1.807) is 0 Å². The molecule has 234 valence electrons. The molecule has 11 rings (SSSR count). The number of nitrogens with zero attached hydrogens (tertiary/aromatic N) is 2. The zero-order valence-corrected chi connectivity index (χ0v) is 28.5. The minimum Gasteiger partial charge on any atom is -0.310 e. The van der Waals surface area contributed by atoms with Gasteiger partial charge in [0.25, 0.3) is 0 Å². The van der Waals surface area contributed by atoms with E-state index in [4.69, 9.17) is 0 Å². The molecule has 0 aliphatic heterocycles. The Labute approximate surface area is 296 Å². The summed E-state index contributed by atoms with van der Waals surface area (Å²) < 4.78 is 7.65. The standard InChI is InChI=1S/C46H28N2S2/c1-2-11-30(12-3-1)48-38-16-7-4-13-34(38)37-28-32(23-25-39(37)48)47(40-17-10-20-43-46(40)36-15-6-9-19-42(36)49-43)31-22-24-33-29(27-31)21-26-44-45(33)35-14-5-8-18-41(35)50-44/h1-28H. The Kier molecular flexibility index (Phi) is 6.03. The van der Waals surface area contributed by atoms with Gasteiger partial charge in [-0.25, -0.2) is 0 Å². The van der Waals surface area contributed by atoms with Crippen LogP contribution >= 0.6 is 22.7 Å². The summed E-state index contributed by atoms with van der Waals surface area (Å²) in [5.41, 5.74) is 7.04. The molecule has 0 fully saturated rings. The van der Waals surface area contributed by atoms with E-state index >= 15 is 0 Å². The molecule has 0 bridgehead atoms. The number of hydrogen-bond donors (Lipinski definition) is 0. The molecule has 11 aromatic rings. The van der Waals surface area contributed by atoms with Gasteiger partial charge < -0.3 is 9.47 Å². The molecule has 4 heteroatoms. The van der Waals surface area contributed by atoms with E-state index in [-0.39, 0.29) is 0 Å². The molecule has 8 aromatic carbocycles. The minimum atomic E-state index is 1.14. The Hall–Kier alpha value is -5.94. The molecular weight excluding hydrogens is 645 g/mol. The van der Waals surface area contributed by atoms with Gasteiger partial charge in [-0.3, -0.25) is 0 Å². The van der Waals surface area contributed by atoms with Gasteiger partial charge in [0.2, 0.25) is 0 Å². The van der Waals surface area contributed by atoms with E-state index in [0.717, 1.165) is 11.4 Å². The molecule has 50 heavy (non-hydrogen) atoms. The molecular formula is C46H28N2S2. The monoisotopic (exact) mass is 672 g/mol. The number of thiophene rings is 2. The summed E-state index contributed by atoms with van der Waals surface area (Å²) >= 11 is 3.74. The first-order valence-electron chi connectivity index (χ1n) is 16.9. The van der Waals surface area contributed by atoms with Gasteiger partial charge >= 0.3 is 0 Å². The second kappa shape index (κ2) is 10.8. The molecule has 0 aliphatic carbocycles. The second-order valence-electron chi connectivity index (χ2n) is 12.9. The number of hydrogen-bond acceptors (Lipinski definition) is 3. The van der Waals surface area contributed by atoms with E-state index in [9.17, 15) is 0 Å². The van der Waals surface area contributed by atoms with E-state index < -0.39 is 0 Å². The van der Waals surface area contributed by atoms with E-state index in [2.05, 4.69) is 179 Å². The zero-order chi connectivity index (χ0) is 32.8. The number of rotatable bonds is 4. The smallest absolute Gasteiger partial charge is 0.0554 e. The van der Waals surface area contributed by atoms with Crippen molar-refractivity contribution in [2.24, 2.45) is 0 Å². The number of para-hydroxylation sites is 2. The van der Waals surface area contributed by atoms with Gasteiger partial charge in [0.15, 0.2) is 0 Å². The molecule has 0 aliphatic rings. The average Bonchev–Trinajstić information content (AvgIpc) is 3.85. The Morgan fingerprint density at radius 3 is 1.82 bits per heavy atom. The van der Waals surface area contributed by atoms with Gasteiger partial charge in [-0.2, -0.15) is 0 Å². The third kappa shape index (κ3) is 4.07. The van der Waals surface area contributed by atoms with Crippen molar-refractivity contribution in [3.8, 4) is 5.69 Å². The fourth-order valence-electron chi connectivity index (χ4n) is 8.00. The normalized spacial score (nSPS) is 12.0. The van der Waals surface area contributed by atoms with Crippen LogP contribution in [0.1, 0.15) is 0 Å². The number of anilines is 3. The lowest BCUT2D eigenvalue weighted by molar-refractivity contribution is 1.18. The summed E-state index contributed by atoms with van der Waals surface area (Å²) in [7, 11) is 0. The van der Waals surface area contributed by atoms with Crippen LogP contribution in [0, 0.1) is 0 Å². The number of benzene rings is 8. The number of aromatic nitrogens is 1. The molecule has 0 N–H and O–H groups in total. The van der Waals surface area contributed by atoms with Crippen molar-refractivity contribution in [1.82, 2.24) is 4.57 Å². The fourth-order valence-corrected chi connectivity index (χ4v) is 10.3. The highest BCUT2D eigenvalue weighted by molar-refractivity contribution is 7.26. The van der Waals surface area contributed by atoms with Crippen molar-refractivity contribution < 1.29 is 0 Å². The third-order valence-electron chi connectivity index (χ3n) is 10.1. The summed E-state index contributed by atoms with van der Waals surface area (Å²) in [6.07, 6.45) is 0. The van der Waals surface area contributed by atoms with Crippen LogP contribution in [0.25, 0.3) is 78.6 Å². The summed E-state index contributed by atoms with van der Waals surface area (Å²) in [5, 5.41) is 10.3. The van der Waals surface area contributed by atoms with Crippen LogP contribution in [0.5, 0.6) is 0 Å². The topological polar surface area (TPSA) is 8.17 Å². The maximum atomic E-state index is 2.48. The quantitative estimate of drug-likeness (QED) is 0.181. The Morgan fingerprint density at radius 1 is 0.380 bits per heavy atom. The van der Waals surface area contributed by atoms with Crippen molar-refractivity contribution in [3.05, 3.63) is 170 Å². The summed E-state index contributed by atoms with van der Waals surface area (Å²) in [6.45, 7) is 0. The summed E-state index contributed by atoms with van der Waals surface area (Å²) in [6, 6.07) is 62.5. The van der Waals surface area contributed by atoms with E-state index in [0.29, 0.717) is 0 Å². The lowest BCUT2D eigenvalue weighted by Gasteiger charge is -2.27.